The zero-order valence-corrected chi connectivity index (χ0v) is 19.7. The van der Waals surface area contributed by atoms with Crippen molar-refractivity contribution in [2.45, 2.75) is 26.7 Å². The van der Waals surface area contributed by atoms with Gasteiger partial charge in [0.25, 0.3) is 5.91 Å². The molecule has 9 nitrogen and oxygen atoms in total. The number of amides is 1. The van der Waals surface area contributed by atoms with E-state index in [1.807, 2.05) is 44.2 Å². The predicted molar refractivity (Wildman–Crippen MR) is 133 cm³/mol. The topological polar surface area (TPSA) is 104 Å². The molecule has 2 heterocycles. The highest BCUT2D eigenvalue weighted by Gasteiger charge is 2.20. The highest BCUT2D eigenvalue weighted by molar-refractivity contribution is 6.24. The second kappa shape index (κ2) is 11.6. The number of aromatic nitrogens is 4. The summed E-state index contributed by atoms with van der Waals surface area (Å²) in [5, 5.41) is 14.9. The lowest BCUT2D eigenvalue weighted by atomic mass is 10.2. The molecule has 0 aliphatic heterocycles. The van der Waals surface area contributed by atoms with Crippen LogP contribution in [0.1, 0.15) is 32.4 Å². The number of tetrazole rings is 1. The zero-order chi connectivity index (χ0) is 24.5. The van der Waals surface area contributed by atoms with Gasteiger partial charge in [0.05, 0.1) is 19.5 Å². The Balaban J connectivity index is 1.67. The molecule has 0 unspecified atom stereocenters. The SMILES string of the molecule is CCCOc1ccc(NC(=O)/C(=C/c2ccco2)n2nnnc2-c2ccccc2)cc1OCCC. The van der Waals surface area contributed by atoms with Crippen molar-refractivity contribution in [3.8, 4) is 22.9 Å². The van der Waals surface area contributed by atoms with Crippen LogP contribution >= 0.6 is 0 Å². The highest BCUT2D eigenvalue weighted by atomic mass is 16.5. The molecule has 2 aromatic carbocycles. The van der Waals surface area contributed by atoms with E-state index in [4.69, 9.17) is 13.9 Å². The third-order valence-electron chi connectivity index (χ3n) is 4.91. The fraction of sp³-hybridized carbons (Fsp3) is 0.231. The molecule has 0 aliphatic carbocycles. The second-order valence-electron chi connectivity index (χ2n) is 7.64. The molecular weight excluding hydrogens is 446 g/mol. The molecule has 2 aromatic heterocycles. The maximum Gasteiger partial charge on any atom is 0.274 e. The summed E-state index contributed by atoms with van der Waals surface area (Å²) in [6.45, 7) is 5.18. The van der Waals surface area contributed by atoms with Crippen molar-refractivity contribution in [2.24, 2.45) is 0 Å². The van der Waals surface area contributed by atoms with E-state index in [1.54, 1.807) is 36.4 Å². The van der Waals surface area contributed by atoms with Crippen molar-refractivity contribution in [3.05, 3.63) is 72.7 Å². The Morgan fingerprint density at radius 1 is 1.00 bits per heavy atom. The van der Waals surface area contributed by atoms with Gasteiger partial charge in [-0.3, -0.25) is 4.79 Å². The maximum atomic E-state index is 13.5. The minimum absolute atomic E-state index is 0.186. The Morgan fingerprint density at radius 3 is 2.49 bits per heavy atom. The van der Waals surface area contributed by atoms with Crippen molar-refractivity contribution >= 4 is 23.4 Å². The van der Waals surface area contributed by atoms with Crippen LogP contribution in [0.5, 0.6) is 11.5 Å². The van der Waals surface area contributed by atoms with Gasteiger partial charge in [-0.05, 0) is 47.5 Å². The maximum absolute atomic E-state index is 13.5. The minimum Gasteiger partial charge on any atom is -0.490 e. The Bertz CT molecular complexity index is 1270. The average Bonchev–Trinajstić information content (AvgIpc) is 3.58. The molecule has 4 aromatic rings. The van der Waals surface area contributed by atoms with E-state index < -0.39 is 5.91 Å². The number of furan rings is 1. The van der Waals surface area contributed by atoms with E-state index in [0.29, 0.717) is 42.0 Å². The zero-order valence-electron chi connectivity index (χ0n) is 19.7. The van der Waals surface area contributed by atoms with Gasteiger partial charge in [0, 0.05) is 23.4 Å². The summed E-state index contributed by atoms with van der Waals surface area (Å²) < 4.78 is 18.5. The van der Waals surface area contributed by atoms with Crippen LogP contribution in [0.2, 0.25) is 0 Å². The van der Waals surface area contributed by atoms with Gasteiger partial charge in [-0.1, -0.05) is 44.2 Å². The predicted octanol–water partition coefficient (Wildman–Crippen LogP) is 5.15. The van der Waals surface area contributed by atoms with E-state index in [1.165, 1.54) is 10.9 Å². The van der Waals surface area contributed by atoms with Gasteiger partial charge in [-0.15, -0.1) is 5.10 Å². The molecule has 0 spiro atoms. The van der Waals surface area contributed by atoms with Gasteiger partial charge in [0.2, 0.25) is 0 Å². The summed E-state index contributed by atoms with van der Waals surface area (Å²) >= 11 is 0. The molecule has 1 N–H and O–H groups in total. The van der Waals surface area contributed by atoms with Crippen LogP contribution in [-0.2, 0) is 4.79 Å². The highest BCUT2D eigenvalue weighted by Crippen LogP contribution is 2.31. The van der Waals surface area contributed by atoms with E-state index in [9.17, 15) is 4.79 Å². The number of anilines is 1. The van der Waals surface area contributed by atoms with Crippen molar-refractivity contribution < 1.29 is 18.7 Å². The number of rotatable bonds is 11. The lowest BCUT2D eigenvalue weighted by Crippen LogP contribution is -2.19. The first-order valence-electron chi connectivity index (χ1n) is 11.5. The summed E-state index contributed by atoms with van der Waals surface area (Å²) in [6, 6.07) is 18.2. The van der Waals surface area contributed by atoms with Gasteiger partial charge in [0.1, 0.15) is 11.5 Å². The Labute approximate surface area is 203 Å². The van der Waals surface area contributed by atoms with E-state index >= 15 is 0 Å². The Kier molecular flexibility index (Phi) is 7.90. The molecule has 0 saturated heterocycles. The van der Waals surface area contributed by atoms with Crippen molar-refractivity contribution in [2.75, 3.05) is 18.5 Å². The fourth-order valence-corrected chi connectivity index (χ4v) is 3.28. The molecule has 0 radical (unpaired) electrons. The monoisotopic (exact) mass is 473 g/mol. The molecule has 0 atom stereocenters. The quantitative estimate of drug-likeness (QED) is 0.301. The standard InChI is InChI=1S/C26H27N5O4/c1-3-14-34-23-13-12-20(17-24(23)35-15-4-2)27-26(32)22(18-21-11-8-16-33-21)31-25(28-29-30-31)19-9-6-5-7-10-19/h5-13,16-18H,3-4,14-15H2,1-2H3,(H,27,32)/b22-18-. The summed E-state index contributed by atoms with van der Waals surface area (Å²) in [5.41, 5.74) is 1.50. The average molecular weight is 474 g/mol. The first-order valence-corrected chi connectivity index (χ1v) is 11.5. The smallest absolute Gasteiger partial charge is 0.274 e. The van der Waals surface area contributed by atoms with Crippen molar-refractivity contribution in [1.82, 2.24) is 20.2 Å². The normalized spacial score (nSPS) is 11.3. The third-order valence-corrected chi connectivity index (χ3v) is 4.91. The van der Waals surface area contributed by atoms with E-state index in [0.717, 1.165) is 18.4 Å². The summed E-state index contributed by atoms with van der Waals surface area (Å²) in [4.78, 5) is 13.5. The van der Waals surface area contributed by atoms with Gasteiger partial charge < -0.3 is 19.2 Å². The molecule has 4 rings (SSSR count). The Hall–Kier alpha value is -4.40. The van der Waals surface area contributed by atoms with Crippen LogP contribution in [0.4, 0.5) is 5.69 Å². The van der Waals surface area contributed by atoms with Crippen LogP contribution in [0, 0.1) is 0 Å². The van der Waals surface area contributed by atoms with Crippen LogP contribution in [0.15, 0.2) is 71.3 Å². The molecule has 0 aliphatic rings. The summed E-state index contributed by atoms with van der Waals surface area (Å²) in [6.07, 6.45) is 4.85. The van der Waals surface area contributed by atoms with E-state index in [2.05, 4.69) is 20.8 Å². The van der Waals surface area contributed by atoms with Crippen LogP contribution in [0.25, 0.3) is 23.2 Å². The van der Waals surface area contributed by atoms with Crippen molar-refractivity contribution in [1.29, 1.82) is 0 Å². The number of nitrogens with one attached hydrogen (secondary N) is 1. The fourth-order valence-electron chi connectivity index (χ4n) is 3.28. The number of ether oxygens (including phenoxy) is 2. The van der Waals surface area contributed by atoms with Crippen LogP contribution in [0.3, 0.4) is 0 Å². The number of carbonyl (C=O) groups is 1. The first kappa shape index (κ1) is 23.7. The van der Waals surface area contributed by atoms with Crippen molar-refractivity contribution in [3.63, 3.8) is 0 Å². The van der Waals surface area contributed by atoms with Gasteiger partial charge in [-0.25, -0.2) is 0 Å². The number of benzene rings is 2. The number of hydrogen-bond acceptors (Lipinski definition) is 7. The second-order valence-corrected chi connectivity index (χ2v) is 7.64. The lowest BCUT2D eigenvalue weighted by molar-refractivity contribution is -0.111. The van der Waals surface area contributed by atoms with Gasteiger partial charge >= 0.3 is 0 Å². The molecular formula is C26H27N5O4. The van der Waals surface area contributed by atoms with Gasteiger partial charge in [-0.2, -0.15) is 4.68 Å². The molecule has 9 heteroatoms. The molecule has 180 valence electrons. The molecule has 1 amide bonds. The first-order chi connectivity index (χ1) is 17.2. The van der Waals surface area contributed by atoms with E-state index in [-0.39, 0.29) is 5.70 Å². The lowest BCUT2D eigenvalue weighted by Gasteiger charge is -2.15. The van der Waals surface area contributed by atoms with Gasteiger partial charge in [0.15, 0.2) is 17.3 Å². The third kappa shape index (κ3) is 5.94. The Morgan fingerprint density at radius 2 is 1.77 bits per heavy atom. The minimum atomic E-state index is -0.422. The number of hydrogen-bond donors (Lipinski definition) is 1. The molecule has 0 saturated carbocycles. The van der Waals surface area contributed by atoms with Crippen LogP contribution in [-0.4, -0.2) is 39.3 Å². The number of carbonyl (C=O) groups excluding carboxylic acids is 1. The van der Waals surface area contributed by atoms with Crippen LogP contribution < -0.4 is 14.8 Å². The molecule has 0 fully saturated rings. The summed E-state index contributed by atoms with van der Waals surface area (Å²) in [7, 11) is 0. The molecule has 35 heavy (non-hydrogen) atoms. The molecule has 0 bridgehead atoms. The number of nitrogens with zero attached hydrogens (tertiary/aromatic N) is 4. The summed E-state index contributed by atoms with van der Waals surface area (Å²) in [5.74, 6) is 1.70. The largest absolute Gasteiger partial charge is 0.490 e.